The molecule has 2 N–H and O–H groups in total. The number of aromatic nitrogens is 3. The normalized spacial score (nSPS) is 18.3. The van der Waals surface area contributed by atoms with Crippen LogP contribution < -0.4 is 19.8 Å². The first kappa shape index (κ1) is 39.2. The van der Waals surface area contributed by atoms with Crippen LogP contribution in [0.25, 0.3) is 28.1 Å². The van der Waals surface area contributed by atoms with E-state index < -0.39 is 15.8 Å². The molecule has 0 aliphatic carbocycles. The maximum Gasteiger partial charge on any atom is 0.234 e. The minimum Gasteiger partial charge on any atom is -0.372 e. The molecule has 14 heteroatoms. The van der Waals surface area contributed by atoms with Crippen molar-refractivity contribution in [3.05, 3.63) is 109 Å². The number of carbonyl (C=O) groups is 2. The Kier molecular flexibility index (Phi) is 11.6. The molecule has 0 saturated carbocycles. The number of pyridine rings is 1. The number of halogens is 1. The fraction of sp³-hybridized carbons (Fsp3) is 0.364. The van der Waals surface area contributed by atoms with E-state index in [-0.39, 0.29) is 34.7 Å². The zero-order valence-corrected chi connectivity index (χ0v) is 33.5. The van der Waals surface area contributed by atoms with Crippen molar-refractivity contribution < 1.29 is 22.4 Å². The number of benzene rings is 3. The molecule has 12 nitrogen and oxygen atoms in total. The van der Waals surface area contributed by atoms with Gasteiger partial charge in [-0.1, -0.05) is 31.2 Å². The van der Waals surface area contributed by atoms with Crippen molar-refractivity contribution in [2.24, 2.45) is 5.92 Å². The zero-order chi connectivity index (χ0) is 40.2. The number of amides is 2. The molecular formula is C44H49FN8O4S. The number of imide groups is 1. The van der Waals surface area contributed by atoms with Crippen LogP contribution in [-0.2, 0) is 19.6 Å². The molecule has 1 atom stereocenters. The number of hydrogen-bond donors (Lipinski definition) is 2. The third-order valence-electron chi connectivity index (χ3n) is 11.6. The number of nitrogens with zero attached hydrogens (tertiary/aromatic N) is 6. The summed E-state index contributed by atoms with van der Waals surface area (Å²) in [6, 6.07) is 24.9. The predicted molar refractivity (Wildman–Crippen MR) is 225 cm³/mol. The summed E-state index contributed by atoms with van der Waals surface area (Å²) in [6.45, 7) is 8.80. The van der Waals surface area contributed by atoms with Gasteiger partial charge in [0.15, 0.2) is 5.82 Å². The first-order chi connectivity index (χ1) is 28.1. The first-order valence-corrected chi connectivity index (χ1v) is 21.8. The first-order valence-electron chi connectivity index (χ1n) is 20.2. The lowest BCUT2D eigenvalue weighted by atomic mass is 9.90. The van der Waals surface area contributed by atoms with Gasteiger partial charge in [-0.05, 0) is 91.8 Å². The third kappa shape index (κ3) is 8.77. The van der Waals surface area contributed by atoms with Crippen molar-refractivity contribution >= 4 is 38.9 Å². The number of hydrogen-bond acceptors (Lipinski definition) is 9. The van der Waals surface area contributed by atoms with E-state index >= 15 is 4.39 Å². The van der Waals surface area contributed by atoms with E-state index in [9.17, 15) is 18.0 Å². The van der Waals surface area contributed by atoms with Gasteiger partial charge in [0.2, 0.25) is 21.8 Å². The maximum absolute atomic E-state index is 16.0. The Morgan fingerprint density at radius 3 is 2.12 bits per heavy atom. The Bertz CT molecular complexity index is 2340. The molecule has 3 fully saturated rings. The highest BCUT2D eigenvalue weighted by Crippen LogP contribution is 2.36. The molecule has 5 aromatic rings. The van der Waals surface area contributed by atoms with Gasteiger partial charge in [0, 0.05) is 98.9 Å². The Morgan fingerprint density at radius 1 is 0.793 bits per heavy atom. The molecule has 0 bridgehead atoms. The fourth-order valence-corrected chi connectivity index (χ4v) is 9.54. The van der Waals surface area contributed by atoms with E-state index in [1.807, 2.05) is 36.4 Å². The molecular weight excluding hydrogens is 756 g/mol. The van der Waals surface area contributed by atoms with Crippen LogP contribution in [0.15, 0.2) is 97.5 Å². The number of rotatable bonds is 12. The van der Waals surface area contributed by atoms with Gasteiger partial charge in [-0.3, -0.25) is 29.5 Å². The second kappa shape index (κ2) is 17.1. The molecule has 2 amide bonds. The Labute approximate surface area is 339 Å². The van der Waals surface area contributed by atoms with Gasteiger partial charge in [0.25, 0.3) is 0 Å². The topological polar surface area (TPSA) is 133 Å². The lowest BCUT2D eigenvalue weighted by Gasteiger charge is -2.40. The lowest BCUT2D eigenvalue weighted by molar-refractivity contribution is -0.134. The van der Waals surface area contributed by atoms with Crippen molar-refractivity contribution in [1.29, 1.82) is 0 Å². The molecule has 302 valence electrons. The zero-order valence-electron chi connectivity index (χ0n) is 32.7. The molecule has 58 heavy (non-hydrogen) atoms. The van der Waals surface area contributed by atoms with Crippen LogP contribution in [-0.4, -0.2) is 91.5 Å². The molecule has 3 saturated heterocycles. The predicted octanol–water partition coefficient (Wildman–Crippen LogP) is 6.45. The monoisotopic (exact) mass is 804 g/mol. The van der Waals surface area contributed by atoms with Crippen LogP contribution >= 0.6 is 0 Å². The third-order valence-corrected chi connectivity index (χ3v) is 13.1. The van der Waals surface area contributed by atoms with Gasteiger partial charge in [-0.2, -0.15) is 5.10 Å². The van der Waals surface area contributed by atoms with Crippen molar-refractivity contribution in [2.45, 2.75) is 44.9 Å². The van der Waals surface area contributed by atoms with Crippen molar-refractivity contribution in [3.63, 3.8) is 0 Å². The van der Waals surface area contributed by atoms with Crippen LogP contribution in [0.4, 0.5) is 21.5 Å². The summed E-state index contributed by atoms with van der Waals surface area (Å²) in [4.78, 5) is 35.4. The molecule has 0 spiro atoms. The van der Waals surface area contributed by atoms with Crippen molar-refractivity contribution in [2.75, 3.05) is 66.1 Å². The van der Waals surface area contributed by atoms with Gasteiger partial charge >= 0.3 is 0 Å². The number of carbonyl (C=O) groups excluding carboxylic acids is 2. The van der Waals surface area contributed by atoms with Crippen LogP contribution in [0.3, 0.4) is 0 Å². The number of sulfonamides is 1. The van der Waals surface area contributed by atoms with Gasteiger partial charge in [0.1, 0.15) is 5.69 Å². The minimum atomic E-state index is -3.69. The summed E-state index contributed by atoms with van der Waals surface area (Å²) in [5, 5.41) is 7.36. The average molecular weight is 805 g/mol. The number of piperidine rings is 2. The fourth-order valence-electron chi connectivity index (χ4n) is 8.41. The summed E-state index contributed by atoms with van der Waals surface area (Å²) in [5.74, 6) is -0.758. The Balaban J connectivity index is 0.873. The molecule has 3 aromatic carbocycles. The van der Waals surface area contributed by atoms with E-state index in [0.717, 1.165) is 81.2 Å². The van der Waals surface area contributed by atoms with Gasteiger partial charge < -0.3 is 9.80 Å². The molecule has 0 radical (unpaired) electrons. The Hall–Kier alpha value is -5.60. The molecule has 8 rings (SSSR count). The number of anilines is 3. The van der Waals surface area contributed by atoms with Crippen LogP contribution in [0.2, 0.25) is 0 Å². The van der Waals surface area contributed by atoms with Gasteiger partial charge in [-0.25, -0.2) is 17.5 Å². The van der Waals surface area contributed by atoms with Gasteiger partial charge in [-0.15, -0.1) is 0 Å². The summed E-state index contributed by atoms with van der Waals surface area (Å²) in [5.41, 5.74) is 6.12. The van der Waals surface area contributed by atoms with Crippen LogP contribution in [0.1, 0.15) is 50.5 Å². The second-order valence-corrected chi connectivity index (χ2v) is 17.3. The summed E-state index contributed by atoms with van der Waals surface area (Å²) in [6.07, 6.45) is 8.74. The molecule has 3 aliphatic heterocycles. The van der Waals surface area contributed by atoms with E-state index in [4.69, 9.17) is 5.10 Å². The lowest BCUT2D eigenvalue weighted by Crippen LogP contribution is -2.49. The summed E-state index contributed by atoms with van der Waals surface area (Å²) in [7, 11) is -3.69. The molecule has 5 heterocycles. The molecule has 2 aromatic heterocycles. The van der Waals surface area contributed by atoms with E-state index in [0.29, 0.717) is 36.4 Å². The standard InChI is InChI=1S/C44H49FN8O4S/c1-2-28-58(56,57)49-40-5-3-4-38(42(40)45)39-30-53(48-43(39)33-16-20-46-21-17-33)36-12-10-35(11-13-36)51-22-18-31(19-23-51)29-50-24-26-52(27-25-50)34-8-6-32(7-9-34)37-14-15-41(54)47-44(37)55/h3-13,16-17,20-21,30-31,37,49H,2,14-15,18-19,22-29H2,1H3,(H,47,54,55)/t37-/m1/s1. The average Bonchev–Trinajstić information content (AvgIpc) is 3.68. The van der Waals surface area contributed by atoms with Crippen LogP contribution in [0.5, 0.6) is 0 Å². The highest BCUT2D eigenvalue weighted by atomic mass is 32.2. The quantitative estimate of drug-likeness (QED) is 0.137. The van der Waals surface area contributed by atoms with Gasteiger partial charge in [0.05, 0.1) is 23.0 Å². The smallest absolute Gasteiger partial charge is 0.234 e. The highest BCUT2D eigenvalue weighted by molar-refractivity contribution is 7.92. The number of nitrogens with one attached hydrogen (secondary N) is 2. The Morgan fingerprint density at radius 2 is 1.45 bits per heavy atom. The van der Waals surface area contributed by atoms with Crippen molar-refractivity contribution in [3.8, 4) is 28.1 Å². The largest absolute Gasteiger partial charge is 0.372 e. The summed E-state index contributed by atoms with van der Waals surface area (Å²) >= 11 is 0. The SMILES string of the molecule is CCCS(=O)(=O)Nc1cccc(-c2cn(-c3ccc(N4CCC(CN5CCN(c6ccc([C@H]7CCC(=O)NC7=O)cc6)CC5)CC4)cc3)nc2-c2ccncc2)c1F. The molecule has 3 aliphatic rings. The van der Waals surface area contributed by atoms with E-state index in [1.54, 1.807) is 42.3 Å². The summed E-state index contributed by atoms with van der Waals surface area (Å²) < 4.78 is 45.2. The van der Waals surface area contributed by atoms with Crippen LogP contribution in [0, 0.1) is 11.7 Å². The second-order valence-electron chi connectivity index (χ2n) is 15.5. The number of piperazine rings is 1. The maximum atomic E-state index is 16.0. The minimum absolute atomic E-state index is 0.0946. The van der Waals surface area contributed by atoms with Crippen molar-refractivity contribution in [1.82, 2.24) is 25.0 Å². The van der Waals surface area contributed by atoms with E-state index in [1.165, 1.54) is 11.8 Å². The molecule has 0 unspecified atom stereocenters. The highest BCUT2D eigenvalue weighted by Gasteiger charge is 2.29. The van der Waals surface area contributed by atoms with E-state index in [2.05, 4.69) is 54.0 Å².